The maximum Gasteiger partial charge on any atom is 0.133 e. The van der Waals surface area contributed by atoms with Crippen molar-refractivity contribution in [2.24, 2.45) is 11.3 Å². The van der Waals surface area contributed by atoms with Crippen molar-refractivity contribution in [3.05, 3.63) is 34.9 Å². The van der Waals surface area contributed by atoms with Gasteiger partial charge >= 0.3 is 0 Å². The highest BCUT2D eigenvalue weighted by atomic mass is 19.1. The van der Waals surface area contributed by atoms with E-state index in [0.29, 0.717) is 11.5 Å². The number of halogens is 2. The van der Waals surface area contributed by atoms with E-state index in [1.807, 2.05) is 0 Å². The summed E-state index contributed by atoms with van der Waals surface area (Å²) in [4.78, 5) is 0. The number of rotatable bonds is 3. The zero-order chi connectivity index (χ0) is 12.8. The number of aryl methyl sites for hydroxylation is 1. The zero-order valence-corrected chi connectivity index (χ0v) is 10.8. The average Bonchev–Trinajstić information content (AvgIpc) is 2.88. The van der Waals surface area contributed by atoms with Gasteiger partial charge in [0.2, 0.25) is 0 Å². The van der Waals surface area contributed by atoms with Crippen LogP contribution in [0, 0.1) is 29.9 Å². The van der Waals surface area contributed by atoms with Crippen LogP contribution in [0.15, 0.2) is 12.1 Å². The maximum absolute atomic E-state index is 14.1. The molecule has 0 aromatic heterocycles. The number of benzene rings is 1. The molecular formula is C14H19F2N. The lowest BCUT2D eigenvalue weighted by Gasteiger charge is -2.20. The first-order valence-corrected chi connectivity index (χ1v) is 6.00. The molecule has 17 heavy (non-hydrogen) atoms. The lowest BCUT2D eigenvalue weighted by molar-refractivity contribution is 0.407. The molecule has 94 valence electrons. The van der Waals surface area contributed by atoms with Crippen LogP contribution >= 0.6 is 0 Å². The van der Waals surface area contributed by atoms with Crippen molar-refractivity contribution >= 4 is 0 Å². The van der Waals surface area contributed by atoms with E-state index in [2.05, 4.69) is 19.2 Å². The standard InChI is InChI=1S/C14H19F2N/c1-8-5-6-10(15)11(12(8)16)13(17-4)9-7-14(9,2)3/h5-6,9,13,17H,7H2,1-4H3. The Morgan fingerprint density at radius 2 is 1.94 bits per heavy atom. The van der Waals surface area contributed by atoms with Gasteiger partial charge in [0.25, 0.3) is 0 Å². The first kappa shape index (κ1) is 12.5. The Balaban J connectivity index is 2.41. The summed E-state index contributed by atoms with van der Waals surface area (Å²) in [5, 5.41) is 3.06. The quantitative estimate of drug-likeness (QED) is 0.850. The summed E-state index contributed by atoms with van der Waals surface area (Å²) in [6, 6.07) is 2.61. The molecule has 1 aromatic rings. The fraction of sp³-hybridized carbons (Fsp3) is 0.571. The zero-order valence-electron chi connectivity index (χ0n) is 10.8. The lowest BCUT2D eigenvalue weighted by Crippen LogP contribution is -2.23. The summed E-state index contributed by atoms with van der Waals surface area (Å²) in [6.07, 6.45) is 1.01. The minimum Gasteiger partial charge on any atom is -0.313 e. The molecule has 1 saturated carbocycles. The summed E-state index contributed by atoms with van der Waals surface area (Å²) in [5.74, 6) is -0.555. The predicted octanol–water partition coefficient (Wildman–Crippen LogP) is 3.58. The minimum atomic E-state index is -0.449. The second-order valence-corrected chi connectivity index (χ2v) is 5.66. The topological polar surface area (TPSA) is 12.0 Å². The van der Waals surface area contributed by atoms with E-state index >= 15 is 0 Å². The van der Waals surface area contributed by atoms with Gasteiger partial charge in [0.1, 0.15) is 11.6 Å². The van der Waals surface area contributed by atoms with Crippen LogP contribution in [-0.2, 0) is 0 Å². The van der Waals surface area contributed by atoms with Gasteiger partial charge in [-0.25, -0.2) is 8.78 Å². The van der Waals surface area contributed by atoms with Crippen molar-refractivity contribution < 1.29 is 8.78 Å². The Hall–Kier alpha value is -0.960. The van der Waals surface area contributed by atoms with Gasteiger partial charge in [-0.1, -0.05) is 19.9 Å². The summed E-state index contributed by atoms with van der Waals surface area (Å²) >= 11 is 0. The molecule has 0 radical (unpaired) electrons. The molecule has 0 aliphatic heterocycles. The third-order valence-electron chi connectivity index (χ3n) is 3.93. The van der Waals surface area contributed by atoms with Crippen molar-refractivity contribution in [3.8, 4) is 0 Å². The molecular weight excluding hydrogens is 220 g/mol. The van der Waals surface area contributed by atoms with Gasteiger partial charge in [0, 0.05) is 11.6 Å². The Kier molecular flexibility index (Phi) is 2.98. The first-order chi connectivity index (χ1) is 7.88. The molecule has 2 rings (SSSR count). The summed E-state index contributed by atoms with van der Waals surface area (Å²) in [5.41, 5.74) is 0.874. The van der Waals surface area contributed by atoms with Crippen molar-refractivity contribution in [2.75, 3.05) is 7.05 Å². The maximum atomic E-state index is 14.1. The third-order valence-corrected chi connectivity index (χ3v) is 3.93. The minimum absolute atomic E-state index is 0.177. The van der Waals surface area contributed by atoms with E-state index in [1.54, 1.807) is 14.0 Å². The predicted molar refractivity (Wildman–Crippen MR) is 64.8 cm³/mol. The van der Waals surface area contributed by atoms with Crippen molar-refractivity contribution in [2.45, 2.75) is 33.2 Å². The van der Waals surface area contributed by atoms with Gasteiger partial charge in [-0.15, -0.1) is 0 Å². The van der Waals surface area contributed by atoms with Crippen LogP contribution < -0.4 is 5.32 Å². The third kappa shape index (κ3) is 2.08. The molecule has 0 heterocycles. The molecule has 3 heteroatoms. The molecule has 1 nitrogen and oxygen atoms in total. The molecule has 0 amide bonds. The van der Waals surface area contributed by atoms with Gasteiger partial charge in [0.15, 0.2) is 0 Å². The highest BCUT2D eigenvalue weighted by Crippen LogP contribution is 2.58. The van der Waals surface area contributed by atoms with Crippen LogP contribution in [0.2, 0.25) is 0 Å². The number of hydrogen-bond donors (Lipinski definition) is 1. The van der Waals surface area contributed by atoms with E-state index in [-0.39, 0.29) is 17.0 Å². The van der Waals surface area contributed by atoms with Crippen LogP contribution in [0.5, 0.6) is 0 Å². The summed E-state index contributed by atoms with van der Waals surface area (Å²) < 4.78 is 27.9. The van der Waals surface area contributed by atoms with Gasteiger partial charge in [-0.3, -0.25) is 0 Å². The molecule has 1 aliphatic rings. The smallest absolute Gasteiger partial charge is 0.133 e. The van der Waals surface area contributed by atoms with Crippen LogP contribution in [0.3, 0.4) is 0 Å². The largest absolute Gasteiger partial charge is 0.313 e. The molecule has 0 bridgehead atoms. The van der Waals surface area contributed by atoms with Crippen LogP contribution in [0.4, 0.5) is 8.78 Å². The Bertz CT molecular complexity index is 440. The number of nitrogens with one attached hydrogen (secondary N) is 1. The van der Waals surface area contributed by atoms with E-state index in [1.165, 1.54) is 12.1 Å². The van der Waals surface area contributed by atoms with Crippen LogP contribution in [-0.4, -0.2) is 7.05 Å². The van der Waals surface area contributed by atoms with Gasteiger partial charge in [-0.05, 0) is 43.4 Å². The highest BCUT2D eigenvalue weighted by molar-refractivity contribution is 5.31. The lowest BCUT2D eigenvalue weighted by atomic mass is 9.95. The molecule has 2 atom stereocenters. The van der Waals surface area contributed by atoms with Gasteiger partial charge in [0.05, 0.1) is 0 Å². The molecule has 2 unspecified atom stereocenters. The average molecular weight is 239 g/mol. The Morgan fingerprint density at radius 3 is 2.41 bits per heavy atom. The van der Waals surface area contributed by atoms with Crippen LogP contribution in [0.1, 0.15) is 37.4 Å². The fourth-order valence-electron chi connectivity index (χ4n) is 2.59. The molecule has 1 fully saturated rings. The summed E-state index contributed by atoms with van der Waals surface area (Å²) in [6.45, 7) is 5.93. The van der Waals surface area contributed by atoms with Gasteiger partial charge in [-0.2, -0.15) is 0 Å². The van der Waals surface area contributed by atoms with Crippen LogP contribution in [0.25, 0.3) is 0 Å². The Morgan fingerprint density at radius 1 is 1.35 bits per heavy atom. The normalized spacial score (nSPS) is 23.5. The second-order valence-electron chi connectivity index (χ2n) is 5.66. The highest BCUT2D eigenvalue weighted by Gasteiger charge is 2.51. The monoisotopic (exact) mass is 239 g/mol. The molecule has 1 N–H and O–H groups in total. The number of hydrogen-bond acceptors (Lipinski definition) is 1. The SMILES string of the molecule is CNC(c1c(F)ccc(C)c1F)C1CC1(C)C. The molecule has 1 aromatic carbocycles. The van der Waals surface area contributed by atoms with Crippen molar-refractivity contribution in [1.29, 1.82) is 0 Å². The van der Waals surface area contributed by atoms with E-state index in [0.717, 1.165) is 6.42 Å². The van der Waals surface area contributed by atoms with Crippen molar-refractivity contribution in [1.82, 2.24) is 5.32 Å². The first-order valence-electron chi connectivity index (χ1n) is 6.00. The van der Waals surface area contributed by atoms with E-state index in [9.17, 15) is 8.78 Å². The molecule has 0 spiro atoms. The van der Waals surface area contributed by atoms with Gasteiger partial charge < -0.3 is 5.32 Å². The van der Waals surface area contributed by atoms with E-state index < -0.39 is 11.6 Å². The van der Waals surface area contributed by atoms with Crippen molar-refractivity contribution in [3.63, 3.8) is 0 Å². The Labute approximate surface area is 101 Å². The fourth-order valence-corrected chi connectivity index (χ4v) is 2.59. The summed E-state index contributed by atoms with van der Waals surface area (Å²) in [7, 11) is 1.76. The van der Waals surface area contributed by atoms with E-state index in [4.69, 9.17) is 0 Å². The molecule has 0 saturated heterocycles. The molecule has 1 aliphatic carbocycles. The second kappa shape index (κ2) is 4.05.